The molecule has 2 aromatic rings. The van der Waals surface area contributed by atoms with Crippen molar-refractivity contribution in [1.29, 1.82) is 0 Å². The lowest BCUT2D eigenvalue weighted by atomic mass is 10.1. The Morgan fingerprint density at radius 2 is 1.82 bits per heavy atom. The van der Waals surface area contributed by atoms with Crippen molar-refractivity contribution in [3.63, 3.8) is 0 Å². The molecule has 1 amide bonds. The van der Waals surface area contributed by atoms with E-state index in [4.69, 9.17) is 4.74 Å². The van der Waals surface area contributed by atoms with E-state index >= 15 is 0 Å². The van der Waals surface area contributed by atoms with Crippen LogP contribution in [0.5, 0.6) is 5.75 Å². The summed E-state index contributed by atoms with van der Waals surface area (Å²) < 4.78 is 5.25. The SMILES string of the molecule is CCOc1ccc(C(=O)NCc2ccc(C[NH+]3CCCC3)cc2)cc1[N+](=O)[O-]. The van der Waals surface area contributed by atoms with Crippen molar-refractivity contribution >= 4 is 11.6 Å². The topological polar surface area (TPSA) is 85.9 Å². The number of ether oxygens (including phenoxy) is 1. The van der Waals surface area contributed by atoms with Crippen molar-refractivity contribution < 1.29 is 19.4 Å². The van der Waals surface area contributed by atoms with Gasteiger partial charge in [0.05, 0.1) is 24.6 Å². The molecule has 3 rings (SSSR count). The van der Waals surface area contributed by atoms with Gasteiger partial charge in [-0.3, -0.25) is 14.9 Å². The van der Waals surface area contributed by atoms with Gasteiger partial charge in [0.15, 0.2) is 5.75 Å². The average molecular weight is 384 g/mol. The number of benzene rings is 2. The summed E-state index contributed by atoms with van der Waals surface area (Å²) in [5, 5.41) is 14.0. The summed E-state index contributed by atoms with van der Waals surface area (Å²) in [5.74, 6) is -0.184. The number of hydrogen-bond donors (Lipinski definition) is 2. The van der Waals surface area contributed by atoms with Gasteiger partial charge in [-0.2, -0.15) is 0 Å². The highest BCUT2D eigenvalue weighted by molar-refractivity contribution is 5.95. The first-order valence-corrected chi connectivity index (χ1v) is 9.67. The van der Waals surface area contributed by atoms with Gasteiger partial charge in [-0.25, -0.2) is 0 Å². The highest BCUT2D eigenvalue weighted by Crippen LogP contribution is 2.28. The molecule has 7 nitrogen and oxygen atoms in total. The minimum atomic E-state index is -0.539. The van der Waals surface area contributed by atoms with E-state index in [1.54, 1.807) is 11.8 Å². The molecule has 1 heterocycles. The molecule has 0 spiro atoms. The molecule has 148 valence electrons. The van der Waals surface area contributed by atoms with Crippen LogP contribution in [-0.4, -0.2) is 30.5 Å². The lowest BCUT2D eigenvalue weighted by Gasteiger charge is -2.12. The molecule has 0 saturated carbocycles. The number of hydrogen-bond acceptors (Lipinski definition) is 4. The Hall–Kier alpha value is -2.93. The highest BCUT2D eigenvalue weighted by Gasteiger charge is 2.19. The van der Waals surface area contributed by atoms with Crippen molar-refractivity contribution in [2.75, 3.05) is 19.7 Å². The number of nitro groups is 1. The first-order chi connectivity index (χ1) is 13.6. The molecule has 1 saturated heterocycles. The Kier molecular flexibility index (Phi) is 6.60. The Balaban J connectivity index is 1.58. The van der Waals surface area contributed by atoms with Crippen molar-refractivity contribution in [1.82, 2.24) is 5.32 Å². The molecule has 0 aromatic heterocycles. The van der Waals surface area contributed by atoms with Crippen LogP contribution in [0.1, 0.15) is 41.3 Å². The van der Waals surface area contributed by atoms with Gasteiger partial charge < -0.3 is 15.0 Å². The van der Waals surface area contributed by atoms with Crippen LogP contribution in [0.3, 0.4) is 0 Å². The third kappa shape index (κ3) is 5.07. The molecule has 0 bridgehead atoms. The standard InChI is InChI=1S/C21H25N3O4/c1-2-28-20-10-9-18(13-19(20)24(26)27)21(25)22-14-16-5-7-17(8-6-16)15-23-11-3-4-12-23/h5-10,13H,2-4,11-12,14-15H2,1H3,(H,22,25)/p+1. The van der Waals surface area contributed by atoms with E-state index in [9.17, 15) is 14.9 Å². The molecule has 28 heavy (non-hydrogen) atoms. The van der Waals surface area contributed by atoms with Gasteiger partial charge in [-0.15, -0.1) is 0 Å². The van der Waals surface area contributed by atoms with Crippen LogP contribution in [-0.2, 0) is 13.1 Å². The van der Waals surface area contributed by atoms with Crippen LogP contribution in [0, 0.1) is 10.1 Å². The number of nitrogens with one attached hydrogen (secondary N) is 2. The van der Waals surface area contributed by atoms with Crippen molar-refractivity contribution in [3.8, 4) is 5.75 Å². The summed E-state index contributed by atoms with van der Waals surface area (Å²) in [6, 6.07) is 12.5. The predicted octanol–water partition coefficient (Wildman–Crippen LogP) is 2.10. The molecule has 0 unspecified atom stereocenters. The maximum absolute atomic E-state index is 12.4. The average Bonchev–Trinajstić information content (AvgIpc) is 3.20. The molecule has 1 fully saturated rings. The van der Waals surface area contributed by atoms with E-state index in [1.807, 2.05) is 12.1 Å². The van der Waals surface area contributed by atoms with Gasteiger partial charge in [-0.1, -0.05) is 24.3 Å². The van der Waals surface area contributed by atoms with Crippen LogP contribution in [0.15, 0.2) is 42.5 Å². The maximum Gasteiger partial charge on any atom is 0.311 e. The Morgan fingerprint density at radius 3 is 2.46 bits per heavy atom. The Morgan fingerprint density at radius 1 is 1.14 bits per heavy atom. The first kappa shape index (κ1) is 19.8. The number of nitrogens with zero attached hydrogens (tertiary/aromatic N) is 1. The van der Waals surface area contributed by atoms with Crippen molar-refractivity contribution in [2.45, 2.75) is 32.9 Å². The smallest absolute Gasteiger partial charge is 0.311 e. The third-order valence-corrected chi connectivity index (χ3v) is 4.96. The summed E-state index contributed by atoms with van der Waals surface area (Å²) in [7, 11) is 0. The molecular weight excluding hydrogens is 358 g/mol. The number of carbonyl (C=O) groups excluding carboxylic acids is 1. The fourth-order valence-corrected chi connectivity index (χ4v) is 3.48. The zero-order chi connectivity index (χ0) is 19.9. The summed E-state index contributed by atoms with van der Waals surface area (Å²) >= 11 is 0. The van der Waals surface area contributed by atoms with Crippen LogP contribution >= 0.6 is 0 Å². The minimum Gasteiger partial charge on any atom is -0.487 e. The van der Waals surface area contributed by atoms with E-state index < -0.39 is 4.92 Å². The number of carbonyl (C=O) groups is 1. The lowest BCUT2D eigenvalue weighted by Crippen LogP contribution is -3.08. The zero-order valence-corrected chi connectivity index (χ0v) is 16.1. The van der Waals surface area contributed by atoms with Crippen LogP contribution in [0.2, 0.25) is 0 Å². The van der Waals surface area contributed by atoms with E-state index in [1.165, 1.54) is 49.7 Å². The van der Waals surface area contributed by atoms with Gasteiger partial charge in [0, 0.05) is 36.6 Å². The van der Waals surface area contributed by atoms with Gasteiger partial charge >= 0.3 is 5.69 Å². The highest BCUT2D eigenvalue weighted by atomic mass is 16.6. The van der Waals surface area contributed by atoms with E-state index in [2.05, 4.69) is 17.4 Å². The second-order valence-corrected chi connectivity index (χ2v) is 7.01. The number of likely N-dealkylation sites (tertiary alicyclic amines) is 1. The molecule has 2 aromatic carbocycles. The normalized spacial score (nSPS) is 14.0. The predicted molar refractivity (Wildman–Crippen MR) is 106 cm³/mol. The van der Waals surface area contributed by atoms with Crippen LogP contribution in [0.4, 0.5) is 5.69 Å². The summed E-state index contributed by atoms with van der Waals surface area (Å²) in [4.78, 5) is 24.7. The Bertz CT molecular complexity index is 830. The number of amides is 1. The van der Waals surface area contributed by atoms with E-state index in [0.717, 1.165) is 12.1 Å². The fraction of sp³-hybridized carbons (Fsp3) is 0.381. The van der Waals surface area contributed by atoms with Gasteiger partial charge in [0.25, 0.3) is 5.91 Å². The molecule has 0 aliphatic carbocycles. The largest absolute Gasteiger partial charge is 0.487 e. The molecule has 0 atom stereocenters. The molecule has 7 heteroatoms. The minimum absolute atomic E-state index is 0.166. The maximum atomic E-state index is 12.4. The summed E-state index contributed by atoms with van der Waals surface area (Å²) in [6.07, 6.45) is 2.62. The zero-order valence-electron chi connectivity index (χ0n) is 16.1. The lowest BCUT2D eigenvalue weighted by molar-refractivity contribution is -0.901. The van der Waals surface area contributed by atoms with E-state index in [0.29, 0.717) is 13.2 Å². The van der Waals surface area contributed by atoms with E-state index in [-0.39, 0.29) is 22.9 Å². The monoisotopic (exact) mass is 384 g/mol. The first-order valence-electron chi connectivity index (χ1n) is 9.67. The fourth-order valence-electron chi connectivity index (χ4n) is 3.48. The van der Waals surface area contributed by atoms with Crippen LogP contribution in [0.25, 0.3) is 0 Å². The summed E-state index contributed by atoms with van der Waals surface area (Å²) in [6.45, 7) is 5.97. The van der Waals surface area contributed by atoms with Gasteiger partial charge in [0.1, 0.15) is 6.54 Å². The number of quaternary nitrogens is 1. The van der Waals surface area contributed by atoms with Gasteiger partial charge in [0.2, 0.25) is 0 Å². The second-order valence-electron chi connectivity index (χ2n) is 7.01. The molecule has 1 aliphatic rings. The third-order valence-electron chi connectivity index (χ3n) is 4.96. The quantitative estimate of drug-likeness (QED) is 0.539. The van der Waals surface area contributed by atoms with Crippen molar-refractivity contribution in [2.24, 2.45) is 0 Å². The van der Waals surface area contributed by atoms with Crippen molar-refractivity contribution in [3.05, 3.63) is 69.3 Å². The Labute approximate surface area is 164 Å². The van der Waals surface area contributed by atoms with Gasteiger partial charge in [-0.05, 0) is 24.6 Å². The van der Waals surface area contributed by atoms with Crippen LogP contribution < -0.4 is 15.0 Å². The molecule has 0 radical (unpaired) electrons. The second kappa shape index (κ2) is 9.32. The molecule has 1 aliphatic heterocycles. The number of nitro benzene ring substituents is 1. The summed E-state index contributed by atoms with van der Waals surface area (Å²) in [5.41, 5.74) is 2.33. The molecular formula is C21H26N3O4+. The number of rotatable bonds is 8. The molecule has 2 N–H and O–H groups in total.